The Morgan fingerprint density at radius 1 is 1.41 bits per heavy atom. The zero-order chi connectivity index (χ0) is 16.4. The molecule has 0 aliphatic carbocycles. The summed E-state index contributed by atoms with van der Waals surface area (Å²) in [7, 11) is 0. The fourth-order valence-corrected chi connectivity index (χ4v) is 2.31. The number of benzene rings is 1. The van der Waals surface area contributed by atoms with Gasteiger partial charge in [0.05, 0.1) is 11.5 Å². The summed E-state index contributed by atoms with van der Waals surface area (Å²) in [5.74, 6) is 0. The second-order valence-electron chi connectivity index (χ2n) is 5.16. The Hall–Kier alpha value is -1.78. The second-order valence-corrected chi connectivity index (χ2v) is 5.16. The van der Waals surface area contributed by atoms with E-state index in [1.54, 1.807) is 13.0 Å². The normalized spacial score (nSPS) is 29.3. The van der Waals surface area contributed by atoms with Gasteiger partial charge in [-0.1, -0.05) is 6.07 Å². The molecule has 122 valence electrons. The van der Waals surface area contributed by atoms with Gasteiger partial charge in [-0.05, 0) is 13.0 Å². The lowest BCUT2D eigenvalue weighted by molar-refractivity contribution is -0.385. The second kappa shape index (κ2) is 6.55. The number of nitro groups is 1. The van der Waals surface area contributed by atoms with Crippen LogP contribution in [0.2, 0.25) is 0 Å². The van der Waals surface area contributed by atoms with Gasteiger partial charge in [-0.3, -0.25) is 10.1 Å². The van der Waals surface area contributed by atoms with E-state index in [2.05, 4.69) is 5.32 Å². The number of ether oxygens (including phenoxy) is 1. The van der Waals surface area contributed by atoms with Crippen LogP contribution in [0.5, 0.6) is 0 Å². The third-order valence-corrected chi connectivity index (χ3v) is 3.58. The Labute approximate surface area is 125 Å². The van der Waals surface area contributed by atoms with Gasteiger partial charge in [-0.2, -0.15) is 0 Å². The van der Waals surface area contributed by atoms with E-state index in [1.807, 2.05) is 0 Å². The predicted molar refractivity (Wildman–Crippen MR) is 75.2 cm³/mol. The highest BCUT2D eigenvalue weighted by Crippen LogP contribution is 2.28. The van der Waals surface area contributed by atoms with Crippen molar-refractivity contribution in [2.45, 2.75) is 37.6 Å². The van der Waals surface area contributed by atoms with Crippen molar-refractivity contribution >= 4 is 11.4 Å². The molecule has 0 spiro atoms. The minimum absolute atomic E-state index is 0.0926. The zero-order valence-corrected chi connectivity index (χ0v) is 11.8. The highest BCUT2D eigenvalue weighted by molar-refractivity contribution is 5.55. The minimum atomic E-state index is -1.39. The number of nitrogens with zero attached hydrogens (tertiary/aromatic N) is 1. The summed E-state index contributed by atoms with van der Waals surface area (Å²) in [6.45, 7) is 0.970. The van der Waals surface area contributed by atoms with Crippen LogP contribution in [0.15, 0.2) is 18.2 Å². The van der Waals surface area contributed by atoms with Crippen molar-refractivity contribution in [1.82, 2.24) is 0 Å². The number of aryl methyl sites for hydroxylation is 1. The first-order valence-electron chi connectivity index (χ1n) is 6.67. The molecule has 5 N–H and O–H groups in total. The van der Waals surface area contributed by atoms with Crippen LogP contribution in [0.3, 0.4) is 0 Å². The number of aliphatic hydroxyl groups is 4. The summed E-state index contributed by atoms with van der Waals surface area (Å²) in [5.41, 5.74) is 0.717. The largest absolute Gasteiger partial charge is 0.394 e. The third-order valence-electron chi connectivity index (χ3n) is 3.58. The van der Waals surface area contributed by atoms with Crippen molar-refractivity contribution in [3.63, 3.8) is 0 Å². The number of hydrogen-bond acceptors (Lipinski definition) is 8. The van der Waals surface area contributed by atoms with Crippen molar-refractivity contribution in [3.8, 4) is 0 Å². The molecule has 5 atom stereocenters. The van der Waals surface area contributed by atoms with Crippen LogP contribution < -0.4 is 5.32 Å². The number of anilines is 1. The number of aliphatic hydroxyl groups excluding tert-OH is 4. The van der Waals surface area contributed by atoms with Crippen LogP contribution in [-0.4, -0.2) is 62.6 Å². The maximum absolute atomic E-state index is 10.9. The standard InChI is InChI=1S/C13H18N2O7/c1-6-2-3-7(4-8(6)15(20)21)14-13-11(19)10(18)12(22-13)9(17)5-16/h2-4,9-14,16-19H,5H2,1H3/t9-,10-,11-,12+,13+/m0/s1. The van der Waals surface area contributed by atoms with Gasteiger partial charge < -0.3 is 30.5 Å². The van der Waals surface area contributed by atoms with Crippen molar-refractivity contribution < 1.29 is 30.1 Å². The van der Waals surface area contributed by atoms with Gasteiger partial charge in [0.25, 0.3) is 5.69 Å². The lowest BCUT2D eigenvalue weighted by Gasteiger charge is -2.19. The first kappa shape index (κ1) is 16.6. The Kier molecular flexibility index (Phi) is 4.94. The Morgan fingerprint density at radius 3 is 2.68 bits per heavy atom. The van der Waals surface area contributed by atoms with E-state index in [9.17, 15) is 25.4 Å². The van der Waals surface area contributed by atoms with Crippen LogP contribution in [0.1, 0.15) is 5.56 Å². The van der Waals surface area contributed by atoms with Gasteiger partial charge >= 0.3 is 0 Å². The summed E-state index contributed by atoms with van der Waals surface area (Å²) in [5, 5.41) is 51.7. The fraction of sp³-hybridized carbons (Fsp3) is 0.538. The molecule has 1 aromatic rings. The van der Waals surface area contributed by atoms with E-state index in [1.165, 1.54) is 12.1 Å². The molecule has 0 bridgehead atoms. The average Bonchev–Trinajstić information content (AvgIpc) is 2.76. The molecule has 0 unspecified atom stereocenters. The number of rotatable bonds is 5. The summed E-state index contributed by atoms with van der Waals surface area (Å²) in [4.78, 5) is 10.4. The van der Waals surface area contributed by atoms with Crippen molar-refractivity contribution in [2.75, 3.05) is 11.9 Å². The molecular weight excluding hydrogens is 296 g/mol. The molecule has 1 aromatic carbocycles. The predicted octanol–water partition coefficient (Wildman–Crippen LogP) is -0.885. The highest BCUT2D eigenvalue weighted by Gasteiger charge is 2.45. The van der Waals surface area contributed by atoms with Crippen LogP contribution in [0, 0.1) is 17.0 Å². The molecule has 2 rings (SSSR count). The highest BCUT2D eigenvalue weighted by atomic mass is 16.6. The van der Waals surface area contributed by atoms with E-state index in [0.717, 1.165) is 0 Å². The van der Waals surface area contributed by atoms with E-state index in [4.69, 9.17) is 9.84 Å². The molecular formula is C13H18N2O7. The number of nitrogens with one attached hydrogen (secondary N) is 1. The SMILES string of the molecule is Cc1ccc(N[C@@H]2O[C@H]([C@@H](O)CO)[C@@H](O)[C@@H]2O)cc1[N+](=O)[O-]. The molecule has 0 aromatic heterocycles. The van der Waals surface area contributed by atoms with Gasteiger partial charge in [0, 0.05) is 17.3 Å². The zero-order valence-electron chi connectivity index (χ0n) is 11.8. The molecule has 0 saturated carbocycles. The lowest BCUT2D eigenvalue weighted by atomic mass is 10.1. The van der Waals surface area contributed by atoms with E-state index < -0.39 is 42.2 Å². The molecule has 1 aliphatic rings. The summed E-state index contributed by atoms with van der Waals surface area (Å²) >= 11 is 0. The molecule has 9 heteroatoms. The van der Waals surface area contributed by atoms with E-state index in [-0.39, 0.29) is 5.69 Å². The van der Waals surface area contributed by atoms with Crippen LogP contribution in [0.25, 0.3) is 0 Å². The lowest BCUT2D eigenvalue weighted by Crippen LogP contribution is -2.40. The molecule has 22 heavy (non-hydrogen) atoms. The average molecular weight is 314 g/mol. The summed E-state index contributed by atoms with van der Waals surface area (Å²) in [6, 6.07) is 4.40. The van der Waals surface area contributed by atoms with Crippen molar-refractivity contribution in [3.05, 3.63) is 33.9 Å². The van der Waals surface area contributed by atoms with Crippen molar-refractivity contribution in [2.24, 2.45) is 0 Å². The fourth-order valence-electron chi connectivity index (χ4n) is 2.31. The molecule has 9 nitrogen and oxygen atoms in total. The summed E-state index contributed by atoms with van der Waals surface area (Å²) < 4.78 is 5.28. The third kappa shape index (κ3) is 3.18. The van der Waals surface area contributed by atoms with Gasteiger partial charge in [0.1, 0.15) is 24.4 Å². The number of hydrogen-bond donors (Lipinski definition) is 5. The monoisotopic (exact) mass is 314 g/mol. The van der Waals surface area contributed by atoms with Crippen molar-refractivity contribution in [1.29, 1.82) is 0 Å². The molecule has 0 radical (unpaired) electrons. The van der Waals surface area contributed by atoms with Gasteiger partial charge in [0.15, 0.2) is 6.23 Å². The van der Waals surface area contributed by atoms with Gasteiger partial charge in [0.2, 0.25) is 0 Å². The summed E-state index contributed by atoms with van der Waals surface area (Å²) in [6.07, 6.45) is -6.31. The molecule has 1 heterocycles. The van der Waals surface area contributed by atoms with Crippen LogP contribution in [-0.2, 0) is 4.74 Å². The van der Waals surface area contributed by atoms with E-state index in [0.29, 0.717) is 11.3 Å². The first-order chi connectivity index (χ1) is 10.3. The van der Waals surface area contributed by atoms with E-state index >= 15 is 0 Å². The quantitative estimate of drug-likeness (QED) is 0.348. The van der Waals surface area contributed by atoms with Crippen LogP contribution >= 0.6 is 0 Å². The minimum Gasteiger partial charge on any atom is -0.394 e. The van der Waals surface area contributed by atoms with Gasteiger partial charge in [-0.25, -0.2) is 0 Å². The molecule has 1 fully saturated rings. The first-order valence-corrected chi connectivity index (χ1v) is 6.67. The Morgan fingerprint density at radius 2 is 2.09 bits per heavy atom. The van der Waals surface area contributed by atoms with Crippen LogP contribution in [0.4, 0.5) is 11.4 Å². The topological polar surface area (TPSA) is 145 Å². The Bertz CT molecular complexity index is 553. The maximum Gasteiger partial charge on any atom is 0.274 e. The Balaban J connectivity index is 2.14. The number of nitro benzene ring substituents is 1. The van der Waals surface area contributed by atoms with Gasteiger partial charge in [-0.15, -0.1) is 0 Å². The maximum atomic E-state index is 10.9. The molecule has 1 saturated heterocycles. The molecule has 1 aliphatic heterocycles. The molecule has 0 amide bonds. The smallest absolute Gasteiger partial charge is 0.274 e.